The standard InChI is InChI=1S/C19H22N2O3SSe/c1-19(2,16(20)18(23)24)25-26-15-11-7-6-10-14(15)17(22)21-12-13-8-4-3-5-9-13/h3-11,16H,12,20H2,1-2H3,(H,21,22)(H,23,24)/t16-/m0/s1. The predicted molar refractivity (Wildman–Crippen MR) is 107 cm³/mol. The van der Waals surface area contributed by atoms with Gasteiger partial charge in [-0.3, -0.25) is 0 Å². The molecule has 0 radical (unpaired) electrons. The van der Waals surface area contributed by atoms with E-state index in [-0.39, 0.29) is 19.7 Å². The van der Waals surface area contributed by atoms with Crippen LogP contribution in [0.25, 0.3) is 0 Å². The summed E-state index contributed by atoms with van der Waals surface area (Å²) in [7, 11) is 1.49. The number of amides is 1. The normalized spacial score (nSPS) is 12.4. The zero-order chi connectivity index (χ0) is 19.2. The molecule has 1 atom stereocenters. The van der Waals surface area contributed by atoms with Gasteiger partial charge in [-0.15, -0.1) is 0 Å². The van der Waals surface area contributed by atoms with E-state index in [2.05, 4.69) is 5.32 Å². The Hall–Kier alpha value is -1.79. The third kappa shape index (κ3) is 5.61. The second-order valence-corrected chi connectivity index (χ2v) is 10.7. The molecule has 0 spiro atoms. The molecule has 2 rings (SSSR count). The van der Waals surface area contributed by atoms with Crippen LogP contribution in [0.2, 0.25) is 0 Å². The van der Waals surface area contributed by atoms with E-state index in [9.17, 15) is 9.59 Å². The van der Waals surface area contributed by atoms with Gasteiger partial charge in [-0.25, -0.2) is 0 Å². The van der Waals surface area contributed by atoms with Crippen LogP contribution in [0.15, 0.2) is 54.6 Å². The van der Waals surface area contributed by atoms with Crippen molar-refractivity contribution in [3.8, 4) is 0 Å². The van der Waals surface area contributed by atoms with Crippen LogP contribution in [0, 0.1) is 0 Å². The van der Waals surface area contributed by atoms with Crippen molar-refractivity contribution in [2.24, 2.45) is 5.73 Å². The van der Waals surface area contributed by atoms with Gasteiger partial charge in [0.15, 0.2) is 0 Å². The van der Waals surface area contributed by atoms with Crippen LogP contribution < -0.4 is 15.5 Å². The molecule has 0 saturated heterocycles. The number of nitrogens with one attached hydrogen (secondary N) is 1. The maximum absolute atomic E-state index is 12.6. The number of carboxylic acid groups (broad SMARTS) is 1. The molecule has 4 N–H and O–H groups in total. The van der Waals surface area contributed by atoms with Gasteiger partial charge in [0.2, 0.25) is 0 Å². The van der Waals surface area contributed by atoms with Crippen LogP contribution in [0.5, 0.6) is 0 Å². The Morgan fingerprint density at radius 2 is 1.77 bits per heavy atom. The minimum absolute atomic E-state index is 0.132. The molecule has 0 aromatic heterocycles. The number of hydrogen-bond acceptors (Lipinski definition) is 4. The zero-order valence-electron chi connectivity index (χ0n) is 14.6. The van der Waals surface area contributed by atoms with Crippen molar-refractivity contribution >= 4 is 40.4 Å². The molecule has 0 bridgehead atoms. The van der Waals surface area contributed by atoms with E-state index in [4.69, 9.17) is 10.8 Å². The molecular formula is C19H22N2O3SSe. The van der Waals surface area contributed by atoms with E-state index in [1.807, 2.05) is 62.4 Å². The van der Waals surface area contributed by atoms with Crippen LogP contribution in [0.1, 0.15) is 29.8 Å². The summed E-state index contributed by atoms with van der Waals surface area (Å²) in [6.45, 7) is 4.09. The van der Waals surface area contributed by atoms with Crippen molar-refractivity contribution in [3.63, 3.8) is 0 Å². The third-order valence-electron chi connectivity index (χ3n) is 3.79. The van der Waals surface area contributed by atoms with Gasteiger partial charge in [-0.1, -0.05) is 0 Å². The van der Waals surface area contributed by atoms with Gasteiger partial charge in [-0.05, 0) is 0 Å². The average molecular weight is 437 g/mol. The van der Waals surface area contributed by atoms with E-state index in [1.54, 1.807) is 6.07 Å². The van der Waals surface area contributed by atoms with Gasteiger partial charge in [0.25, 0.3) is 0 Å². The second-order valence-electron chi connectivity index (χ2n) is 6.25. The number of aliphatic carboxylic acids is 1. The van der Waals surface area contributed by atoms with Crippen molar-refractivity contribution in [2.75, 3.05) is 0 Å². The maximum atomic E-state index is 12.6. The molecule has 0 heterocycles. The summed E-state index contributed by atoms with van der Waals surface area (Å²) in [4.78, 5) is 23.7. The van der Waals surface area contributed by atoms with Gasteiger partial charge >= 0.3 is 163 Å². The number of carboxylic acids is 1. The second kappa shape index (κ2) is 9.23. The molecule has 1 amide bonds. The average Bonchev–Trinajstić information content (AvgIpc) is 2.65. The van der Waals surface area contributed by atoms with E-state index in [1.165, 1.54) is 10.2 Å². The van der Waals surface area contributed by atoms with E-state index < -0.39 is 16.8 Å². The monoisotopic (exact) mass is 438 g/mol. The van der Waals surface area contributed by atoms with Gasteiger partial charge in [0.05, 0.1) is 0 Å². The van der Waals surface area contributed by atoms with Crippen LogP contribution in [-0.2, 0) is 11.3 Å². The Balaban J connectivity index is 2.05. The van der Waals surface area contributed by atoms with Gasteiger partial charge < -0.3 is 0 Å². The number of benzene rings is 2. The number of nitrogens with two attached hydrogens (primary N) is 1. The minimum atomic E-state index is -1.02. The molecule has 0 aliphatic carbocycles. The third-order valence-corrected chi connectivity index (χ3v) is 9.84. The number of carbonyl (C=O) groups excluding carboxylic acids is 1. The molecule has 0 aliphatic heterocycles. The molecule has 5 nitrogen and oxygen atoms in total. The number of carbonyl (C=O) groups is 2. The fourth-order valence-corrected chi connectivity index (χ4v) is 6.74. The van der Waals surface area contributed by atoms with Crippen molar-refractivity contribution in [2.45, 2.75) is 31.2 Å². The van der Waals surface area contributed by atoms with E-state index in [0.29, 0.717) is 12.1 Å². The fourth-order valence-electron chi connectivity index (χ4n) is 2.10. The van der Waals surface area contributed by atoms with Gasteiger partial charge in [0, 0.05) is 0 Å². The first-order valence-corrected chi connectivity index (χ1v) is 11.8. The molecule has 138 valence electrons. The Morgan fingerprint density at radius 1 is 1.15 bits per heavy atom. The molecule has 26 heavy (non-hydrogen) atoms. The summed E-state index contributed by atoms with van der Waals surface area (Å²) >= 11 is -0.142. The Kier molecular flexibility index (Phi) is 7.29. The number of hydrogen-bond donors (Lipinski definition) is 3. The molecule has 2 aromatic rings. The first-order valence-electron chi connectivity index (χ1n) is 8.06. The Morgan fingerprint density at radius 3 is 2.42 bits per heavy atom. The molecule has 2 aromatic carbocycles. The summed E-state index contributed by atoms with van der Waals surface area (Å²) in [6.07, 6.45) is 0. The van der Waals surface area contributed by atoms with Crippen LogP contribution in [0.3, 0.4) is 0 Å². The zero-order valence-corrected chi connectivity index (χ0v) is 17.2. The quantitative estimate of drug-likeness (QED) is 0.548. The summed E-state index contributed by atoms with van der Waals surface area (Å²) < 4.78 is 0.292. The molecule has 0 aliphatic rings. The number of rotatable bonds is 8. The van der Waals surface area contributed by atoms with Crippen molar-refractivity contribution in [1.29, 1.82) is 0 Å². The molecule has 0 saturated carbocycles. The SMILES string of the molecule is CC(C)(S[Se]c1ccccc1C(=O)NCc1ccccc1)[C@@H](N)C(=O)O. The Labute approximate surface area is 163 Å². The van der Waals surface area contributed by atoms with Crippen molar-refractivity contribution < 1.29 is 14.7 Å². The fraction of sp³-hybridized carbons (Fsp3) is 0.263. The van der Waals surface area contributed by atoms with Crippen molar-refractivity contribution in [3.05, 3.63) is 65.7 Å². The molecule has 0 unspecified atom stereocenters. The van der Waals surface area contributed by atoms with Gasteiger partial charge in [0.1, 0.15) is 0 Å². The molecular weight excluding hydrogens is 415 g/mol. The summed E-state index contributed by atoms with van der Waals surface area (Å²) in [5.41, 5.74) is 7.43. The Bertz CT molecular complexity index is 768. The molecule has 0 fully saturated rings. The van der Waals surface area contributed by atoms with Crippen LogP contribution in [-0.4, -0.2) is 41.6 Å². The van der Waals surface area contributed by atoms with Crippen molar-refractivity contribution in [1.82, 2.24) is 5.32 Å². The van der Waals surface area contributed by atoms with Crippen LogP contribution >= 0.6 is 10.2 Å². The summed E-state index contributed by atoms with van der Waals surface area (Å²) in [5.74, 6) is -1.15. The topological polar surface area (TPSA) is 92.4 Å². The van der Waals surface area contributed by atoms with E-state index in [0.717, 1.165) is 10.0 Å². The summed E-state index contributed by atoms with van der Waals surface area (Å²) in [5, 5.41) is 12.1. The van der Waals surface area contributed by atoms with Gasteiger partial charge in [-0.2, -0.15) is 0 Å². The predicted octanol–water partition coefficient (Wildman–Crippen LogP) is 1.78. The van der Waals surface area contributed by atoms with E-state index >= 15 is 0 Å². The molecule has 7 heteroatoms. The first kappa shape index (κ1) is 20.5. The summed E-state index contributed by atoms with van der Waals surface area (Å²) in [6, 6.07) is 16.2. The van der Waals surface area contributed by atoms with Crippen LogP contribution in [0.4, 0.5) is 0 Å². The first-order chi connectivity index (χ1) is 12.3.